The van der Waals surface area contributed by atoms with Crippen LogP contribution in [-0.4, -0.2) is 58.6 Å². The number of alkyl halides is 2. The van der Waals surface area contributed by atoms with Crippen LogP contribution in [0, 0.1) is 11.2 Å². The molecule has 9 heteroatoms. The highest BCUT2D eigenvalue weighted by Gasteiger charge is 2.63. The zero-order valence-electron chi connectivity index (χ0n) is 19.6. The number of fused-ring (bicyclic) bond motifs is 1. The van der Waals surface area contributed by atoms with E-state index in [1.165, 1.54) is 6.20 Å². The molecule has 0 bridgehead atoms. The molecular weight excluding hydrogens is 443 g/mol. The van der Waals surface area contributed by atoms with Crippen molar-refractivity contribution in [3.63, 3.8) is 0 Å². The lowest BCUT2D eigenvalue weighted by Crippen LogP contribution is -2.43. The molecule has 4 rings (SSSR count). The third kappa shape index (κ3) is 4.80. The van der Waals surface area contributed by atoms with Gasteiger partial charge >= 0.3 is 0 Å². The Bertz CT molecular complexity index is 1140. The predicted molar refractivity (Wildman–Crippen MR) is 124 cm³/mol. The van der Waals surface area contributed by atoms with E-state index in [0.717, 1.165) is 6.92 Å². The fourth-order valence-electron chi connectivity index (χ4n) is 4.81. The molecule has 34 heavy (non-hydrogen) atoms. The van der Waals surface area contributed by atoms with Gasteiger partial charge in [0.1, 0.15) is 5.82 Å². The van der Waals surface area contributed by atoms with Crippen LogP contribution in [-0.2, 0) is 11.2 Å². The van der Waals surface area contributed by atoms with Gasteiger partial charge in [-0.3, -0.25) is 14.9 Å². The van der Waals surface area contributed by atoms with Gasteiger partial charge in [0.25, 0.3) is 5.92 Å². The zero-order valence-corrected chi connectivity index (χ0v) is 19.6. The van der Waals surface area contributed by atoms with Crippen molar-refractivity contribution in [2.24, 2.45) is 5.41 Å². The average Bonchev–Trinajstić information content (AvgIpc) is 3.47. The van der Waals surface area contributed by atoms with E-state index in [1.54, 1.807) is 36.7 Å². The number of aromatic nitrogens is 3. The number of amides is 1. The molecule has 2 aromatic heterocycles. The summed E-state index contributed by atoms with van der Waals surface area (Å²) in [7, 11) is 3.72. The van der Waals surface area contributed by atoms with Gasteiger partial charge in [-0.25, -0.2) is 13.2 Å². The number of benzene rings is 1. The van der Waals surface area contributed by atoms with Crippen LogP contribution in [0.4, 0.5) is 13.2 Å². The molecule has 6 nitrogen and oxygen atoms in total. The van der Waals surface area contributed by atoms with Crippen molar-refractivity contribution in [2.45, 2.75) is 50.5 Å². The molecule has 0 spiro atoms. The molecule has 1 aliphatic carbocycles. The largest absolute Gasteiger partial charge is 0.355 e. The highest BCUT2D eigenvalue weighted by molar-refractivity contribution is 5.79. The number of carbonyl (C=O) groups is 1. The number of carbonyl (C=O) groups excluding carboxylic acids is 1. The molecule has 1 fully saturated rings. The van der Waals surface area contributed by atoms with Crippen LogP contribution in [0.25, 0.3) is 10.9 Å². The van der Waals surface area contributed by atoms with E-state index in [9.17, 15) is 18.0 Å². The van der Waals surface area contributed by atoms with Gasteiger partial charge in [-0.05, 0) is 63.5 Å². The van der Waals surface area contributed by atoms with E-state index in [1.807, 2.05) is 19.0 Å². The standard InChI is InChI=1S/C25H30F3N5O/c1-24(27,28)25(8-9-25)20(17-5-4-10-29-13-17)12-22(34)30-14-18(33(2)3)11-16-6-7-21-19(23(16)26)15-31-32-21/h4-7,10,13,15,18,20H,8-9,11-12,14H2,1-3H3,(H,30,34)(H,31,32)/t18-,20-/m0/s1. The van der Waals surface area contributed by atoms with E-state index >= 15 is 0 Å². The Morgan fingerprint density at radius 2 is 2.03 bits per heavy atom. The maximum Gasteiger partial charge on any atom is 0.251 e. The predicted octanol–water partition coefficient (Wildman–Crippen LogP) is 4.30. The van der Waals surface area contributed by atoms with Crippen molar-refractivity contribution >= 4 is 16.8 Å². The molecule has 0 saturated heterocycles. The Hall–Kier alpha value is -2.94. The van der Waals surface area contributed by atoms with Crippen LogP contribution < -0.4 is 5.32 Å². The highest BCUT2D eigenvalue weighted by Crippen LogP contribution is 2.65. The van der Waals surface area contributed by atoms with E-state index < -0.39 is 17.3 Å². The molecule has 182 valence electrons. The summed E-state index contributed by atoms with van der Waals surface area (Å²) in [6.07, 6.45) is 5.69. The molecule has 1 aliphatic rings. The first-order valence-corrected chi connectivity index (χ1v) is 11.4. The average molecular weight is 474 g/mol. The van der Waals surface area contributed by atoms with Gasteiger partial charge in [-0.2, -0.15) is 5.10 Å². The normalized spacial score (nSPS) is 17.0. The Morgan fingerprint density at radius 1 is 1.26 bits per heavy atom. The summed E-state index contributed by atoms with van der Waals surface area (Å²) in [4.78, 5) is 18.9. The lowest BCUT2D eigenvalue weighted by molar-refractivity contribution is -0.123. The summed E-state index contributed by atoms with van der Waals surface area (Å²) in [5.74, 6) is -4.16. The second-order valence-electron chi connectivity index (χ2n) is 9.58. The van der Waals surface area contributed by atoms with Crippen molar-refractivity contribution in [2.75, 3.05) is 20.6 Å². The quantitative estimate of drug-likeness (QED) is 0.461. The Balaban J connectivity index is 1.45. The van der Waals surface area contributed by atoms with Gasteiger partial charge in [-0.15, -0.1) is 0 Å². The molecule has 2 heterocycles. The zero-order chi connectivity index (χ0) is 24.5. The summed E-state index contributed by atoms with van der Waals surface area (Å²) >= 11 is 0. The number of hydrogen-bond donors (Lipinski definition) is 2. The van der Waals surface area contributed by atoms with Gasteiger partial charge in [0.05, 0.1) is 17.1 Å². The van der Waals surface area contributed by atoms with Gasteiger partial charge in [0.2, 0.25) is 5.91 Å². The van der Waals surface area contributed by atoms with E-state index in [4.69, 9.17) is 0 Å². The number of rotatable bonds is 10. The van der Waals surface area contributed by atoms with Crippen LogP contribution >= 0.6 is 0 Å². The summed E-state index contributed by atoms with van der Waals surface area (Å²) in [5.41, 5.74) is 0.574. The summed E-state index contributed by atoms with van der Waals surface area (Å²) < 4.78 is 44.0. The number of H-pyrrole nitrogens is 1. The molecule has 2 N–H and O–H groups in total. The van der Waals surface area contributed by atoms with Crippen LogP contribution in [0.15, 0.2) is 42.9 Å². The Labute approximate surface area is 196 Å². The lowest BCUT2D eigenvalue weighted by Gasteiger charge is -2.32. The Morgan fingerprint density at radius 3 is 2.65 bits per heavy atom. The SMILES string of the molecule is CN(C)[C@H](CNC(=O)C[C@@H](c1cccnc1)C1(C(C)(F)F)CC1)Cc1ccc2[nH]ncc2c1F. The van der Waals surface area contributed by atoms with Crippen molar-refractivity contribution in [3.05, 3.63) is 59.8 Å². The molecule has 3 aromatic rings. The first kappa shape index (κ1) is 24.2. The van der Waals surface area contributed by atoms with E-state index in [0.29, 0.717) is 41.3 Å². The lowest BCUT2D eigenvalue weighted by atomic mass is 9.77. The molecule has 1 amide bonds. The molecular formula is C25H30F3N5O. The number of aromatic amines is 1. The molecule has 0 unspecified atom stereocenters. The van der Waals surface area contributed by atoms with Crippen molar-refractivity contribution in [3.8, 4) is 0 Å². The fraction of sp³-hybridized carbons (Fsp3) is 0.480. The monoisotopic (exact) mass is 473 g/mol. The minimum absolute atomic E-state index is 0.0510. The molecule has 1 aromatic carbocycles. The van der Waals surface area contributed by atoms with Gasteiger partial charge in [-0.1, -0.05) is 12.1 Å². The third-order valence-corrected chi connectivity index (χ3v) is 7.17. The van der Waals surface area contributed by atoms with E-state index in [2.05, 4.69) is 20.5 Å². The first-order valence-electron chi connectivity index (χ1n) is 11.4. The van der Waals surface area contributed by atoms with Crippen molar-refractivity contribution in [1.82, 2.24) is 25.4 Å². The van der Waals surface area contributed by atoms with Crippen molar-refractivity contribution < 1.29 is 18.0 Å². The smallest absolute Gasteiger partial charge is 0.251 e. The van der Waals surface area contributed by atoms with Crippen molar-refractivity contribution in [1.29, 1.82) is 0 Å². The maximum absolute atomic E-state index is 14.9. The van der Waals surface area contributed by atoms with Crippen LogP contribution in [0.5, 0.6) is 0 Å². The number of nitrogens with one attached hydrogen (secondary N) is 2. The second kappa shape index (κ2) is 9.37. The van der Waals surface area contributed by atoms with Crippen LogP contribution in [0.1, 0.15) is 43.2 Å². The topological polar surface area (TPSA) is 73.9 Å². The van der Waals surface area contributed by atoms with Gasteiger partial charge < -0.3 is 10.2 Å². The first-order chi connectivity index (χ1) is 16.1. The number of likely N-dealkylation sites (N-methyl/N-ethyl adjacent to an activating group) is 1. The number of hydrogen-bond acceptors (Lipinski definition) is 4. The number of nitrogens with zero attached hydrogens (tertiary/aromatic N) is 3. The minimum Gasteiger partial charge on any atom is -0.355 e. The van der Waals surface area contributed by atoms with Crippen LogP contribution in [0.2, 0.25) is 0 Å². The molecule has 2 atom stereocenters. The minimum atomic E-state index is -2.90. The summed E-state index contributed by atoms with van der Waals surface area (Å²) in [5, 5.41) is 9.95. The molecule has 1 saturated carbocycles. The summed E-state index contributed by atoms with van der Waals surface area (Å²) in [6, 6.07) is 6.78. The number of halogens is 3. The highest BCUT2D eigenvalue weighted by atomic mass is 19.3. The second-order valence-corrected chi connectivity index (χ2v) is 9.58. The maximum atomic E-state index is 14.9. The van der Waals surface area contributed by atoms with Gasteiger partial charge in [0.15, 0.2) is 0 Å². The molecule has 0 aliphatic heterocycles. The van der Waals surface area contributed by atoms with Crippen LogP contribution in [0.3, 0.4) is 0 Å². The fourth-order valence-corrected chi connectivity index (χ4v) is 4.81. The van der Waals surface area contributed by atoms with Gasteiger partial charge in [0, 0.05) is 42.7 Å². The van der Waals surface area contributed by atoms with E-state index in [-0.39, 0.29) is 30.7 Å². The summed E-state index contributed by atoms with van der Waals surface area (Å²) in [6.45, 7) is 1.21. The Kier molecular flexibility index (Phi) is 6.66. The third-order valence-electron chi connectivity index (χ3n) is 7.17. The number of pyridine rings is 1. The molecule has 0 radical (unpaired) electrons.